The Labute approximate surface area is 169 Å². The molecule has 0 saturated heterocycles. The van der Waals surface area contributed by atoms with Gasteiger partial charge in [-0.25, -0.2) is 0 Å². The number of quaternary nitrogens is 2. The zero-order valence-electron chi connectivity index (χ0n) is 18.6. The average molecular weight is 380 g/mol. The fourth-order valence-electron chi connectivity index (χ4n) is 2.53. The summed E-state index contributed by atoms with van der Waals surface area (Å²) in [4.78, 5) is 0. The molecule has 0 atom stereocenters. The molecule has 0 aliphatic heterocycles. The van der Waals surface area contributed by atoms with Gasteiger partial charge in [0.15, 0.2) is 0 Å². The molecule has 0 amide bonds. The first kappa shape index (κ1) is 28.3. The van der Waals surface area contributed by atoms with Crippen LogP contribution in [0.1, 0.15) is 78.7 Å². The quantitative estimate of drug-likeness (QED) is 0.401. The standard InChI is InChI=1S/C14H21BO2.2C4H11N/c1-2-3-4-5-6-7-8-13-9-11-14(12-10-13)15(16)17;2*1-3-5-4-2/h9-12H,2-8H2,1H3;2*5H,3-4H2,1-2H3/q-2;;/p+2. The van der Waals surface area contributed by atoms with Gasteiger partial charge in [-0.1, -0.05) is 70.4 Å². The van der Waals surface area contributed by atoms with Crippen molar-refractivity contribution < 1.29 is 20.7 Å². The second-order valence-electron chi connectivity index (χ2n) is 6.80. The molecule has 27 heavy (non-hydrogen) atoms. The highest BCUT2D eigenvalue weighted by molar-refractivity contribution is 6.55. The summed E-state index contributed by atoms with van der Waals surface area (Å²) in [5.41, 5.74) is 1.57. The van der Waals surface area contributed by atoms with E-state index >= 15 is 0 Å². The lowest BCUT2D eigenvalue weighted by atomic mass is 9.80. The van der Waals surface area contributed by atoms with Crippen molar-refractivity contribution in [3.05, 3.63) is 29.8 Å². The van der Waals surface area contributed by atoms with Crippen molar-refractivity contribution in [1.29, 1.82) is 0 Å². The van der Waals surface area contributed by atoms with E-state index in [-0.39, 0.29) is 0 Å². The number of benzene rings is 1. The molecular formula is C22H45BN2O2. The monoisotopic (exact) mass is 380 g/mol. The SMILES string of the molecule is CCCCCCCCc1ccc(B([O-])[O-])cc1.CC[NH2+]CC.CC[NH2+]CC. The Hall–Kier alpha value is -0.875. The Bertz CT molecular complexity index is 376. The Morgan fingerprint density at radius 1 is 0.667 bits per heavy atom. The summed E-state index contributed by atoms with van der Waals surface area (Å²) >= 11 is 0. The van der Waals surface area contributed by atoms with Crippen LogP contribution in [0.3, 0.4) is 0 Å². The second-order valence-corrected chi connectivity index (χ2v) is 6.80. The van der Waals surface area contributed by atoms with Crippen LogP contribution in [0, 0.1) is 0 Å². The molecule has 0 heterocycles. The van der Waals surface area contributed by atoms with Crippen molar-refractivity contribution in [2.24, 2.45) is 0 Å². The van der Waals surface area contributed by atoms with Gasteiger partial charge in [-0.3, -0.25) is 0 Å². The van der Waals surface area contributed by atoms with E-state index in [1.54, 1.807) is 12.1 Å². The average Bonchev–Trinajstić information content (AvgIpc) is 2.67. The molecule has 1 rings (SSSR count). The van der Waals surface area contributed by atoms with Gasteiger partial charge in [0.05, 0.1) is 26.2 Å². The minimum absolute atomic E-state index is 0.344. The Balaban J connectivity index is 0. The van der Waals surface area contributed by atoms with Crippen molar-refractivity contribution >= 4 is 12.6 Å². The third kappa shape index (κ3) is 21.3. The fraction of sp³-hybridized carbons (Fsp3) is 0.727. The molecule has 0 aromatic heterocycles. The topological polar surface area (TPSA) is 79.3 Å². The summed E-state index contributed by atoms with van der Waals surface area (Å²) in [7, 11) is -1.85. The molecule has 0 unspecified atom stereocenters. The Morgan fingerprint density at radius 2 is 1.11 bits per heavy atom. The van der Waals surface area contributed by atoms with E-state index in [2.05, 4.69) is 45.3 Å². The molecule has 4 nitrogen and oxygen atoms in total. The lowest BCUT2D eigenvalue weighted by Crippen LogP contribution is -2.82. The van der Waals surface area contributed by atoms with Gasteiger partial charge in [-0.05, 0) is 46.1 Å². The largest absolute Gasteiger partial charge is 0.889 e. The van der Waals surface area contributed by atoms with Crippen molar-refractivity contribution in [3.8, 4) is 0 Å². The van der Waals surface area contributed by atoms with Crippen LogP contribution in [-0.2, 0) is 6.42 Å². The molecule has 0 spiro atoms. The van der Waals surface area contributed by atoms with Crippen molar-refractivity contribution in [2.45, 2.75) is 79.6 Å². The maximum atomic E-state index is 10.6. The third-order valence-electron chi connectivity index (χ3n) is 4.23. The summed E-state index contributed by atoms with van der Waals surface area (Å²) < 4.78 is 0. The normalized spacial score (nSPS) is 9.74. The van der Waals surface area contributed by atoms with Crippen LogP contribution in [0.25, 0.3) is 0 Å². The van der Waals surface area contributed by atoms with Crippen LogP contribution in [0.4, 0.5) is 0 Å². The lowest BCUT2D eigenvalue weighted by Gasteiger charge is -2.26. The van der Waals surface area contributed by atoms with Crippen molar-refractivity contribution in [2.75, 3.05) is 26.2 Å². The molecule has 1 aromatic carbocycles. The number of aryl methyl sites for hydroxylation is 1. The maximum absolute atomic E-state index is 10.6. The summed E-state index contributed by atoms with van der Waals surface area (Å²) in [6.45, 7) is 15.7. The van der Waals surface area contributed by atoms with E-state index in [1.807, 2.05) is 12.1 Å². The molecule has 158 valence electrons. The van der Waals surface area contributed by atoms with Crippen LogP contribution in [0.15, 0.2) is 24.3 Å². The van der Waals surface area contributed by atoms with E-state index in [0.29, 0.717) is 5.46 Å². The molecule has 0 aliphatic rings. The number of hydrogen-bond acceptors (Lipinski definition) is 2. The van der Waals surface area contributed by atoms with E-state index < -0.39 is 7.12 Å². The molecule has 0 saturated carbocycles. The fourth-order valence-corrected chi connectivity index (χ4v) is 2.53. The highest BCUT2D eigenvalue weighted by Gasteiger charge is 1.94. The summed E-state index contributed by atoms with van der Waals surface area (Å²) in [5.74, 6) is 0. The first-order valence-corrected chi connectivity index (χ1v) is 11.1. The van der Waals surface area contributed by atoms with Gasteiger partial charge in [0.2, 0.25) is 0 Å². The molecule has 5 heteroatoms. The highest BCUT2D eigenvalue weighted by Crippen LogP contribution is 2.09. The first-order valence-electron chi connectivity index (χ1n) is 11.1. The molecule has 1 aromatic rings. The third-order valence-corrected chi connectivity index (χ3v) is 4.23. The number of hydrogen-bond donors (Lipinski definition) is 2. The van der Waals surface area contributed by atoms with E-state index in [9.17, 15) is 10.0 Å². The van der Waals surface area contributed by atoms with Crippen LogP contribution in [0.5, 0.6) is 0 Å². The van der Waals surface area contributed by atoms with Crippen molar-refractivity contribution in [3.63, 3.8) is 0 Å². The predicted octanol–water partition coefficient (Wildman–Crippen LogP) is 0.185. The van der Waals surface area contributed by atoms with Gasteiger partial charge in [0, 0.05) is 0 Å². The number of unbranched alkanes of at least 4 members (excludes halogenated alkanes) is 5. The first-order chi connectivity index (χ1) is 13.1. The minimum Gasteiger partial charge on any atom is -0.889 e. The van der Waals surface area contributed by atoms with E-state index in [4.69, 9.17) is 0 Å². The zero-order valence-corrected chi connectivity index (χ0v) is 18.6. The predicted molar refractivity (Wildman–Crippen MR) is 115 cm³/mol. The number of rotatable bonds is 12. The smallest absolute Gasteiger partial charge is 0.0726 e. The van der Waals surface area contributed by atoms with Crippen LogP contribution in [-0.4, -0.2) is 33.3 Å². The molecule has 4 N–H and O–H groups in total. The van der Waals surface area contributed by atoms with Crippen LogP contribution in [0.2, 0.25) is 0 Å². The highest BCUT2D eigenvalue weighted by atomic mass is 16.4. The van der Waals surface area contributed by atoms with E-state index in [0.717, 1.165) is 6.42 Å². The molecular weight excluding hydrogens is 335 g/mol. The van der Waals surface area contributed by atoms with Gasteiger partial charge >= 0.3 is 0 Å². The Morgan fingerprint density at radius 3 is 1.48 bits per heavy atom. The molecule has 0 radical (unpaired) electrons. The maximum Gasteiger partial charge on any atom is 0.0726 e. The van der Waals surface area contributed by atoms with Gasteiger partial charge in [0.1, 0.15) is 0 Å². The zero-order chi connectivity index (χ0) is 20.8. The Kier molecular flexibility index (Phi) is 24.3. The summed E-state index contributed by atoms with van der Waals surface area (Å²) in [5, 5.41) is 25.8. The van der Waals surface area contributed by atoms with Gasteiger partial charge in [-0.15, -0.1) is 5.46 Å². The second kappa shape index (κ2) is 23.2. The van der Waals surface area contributed by atoms with Crippen LogP contribution >= 0.6 is 0 Å². The lowest BCUT2D eigenvalue weighted by molar-refractivity contribution is -0.648. The van der Waals surface area contributed by atoms with E-state index in [1.165, 1.54) is 70.3 Å². The summed E-state index contributed by atoms with van der Waals surface area (Å²) in [6.07, 6.45) is 8.79. The molecule has 0 aliphatic carbocycles. The van der Waals surface area contributed by atoms with Gasteiger partial charge < -0.3 is 20.7 Å². The van der Waals surface area contributed by atoms with Crippen molar-refractivity contribution in [1.82, 2.24) is 0 Å². The van der Waals surface area contributed by atoms with Gasteiger partial charge in [-0.2, -0.15) is 0 Å². The minimum atomic E-state index is -1.85. The number of nitrogens with two attached hydrogens (primary N) is 2. The summed E-state index contributed by atoms with van der Waals surface area (Å²) in [6, 6.07) is 7.14. The van der Waals surface area contributed by atoms with Gasteiger partial charge in [0.25, 0.3) is 0 Å². The molecule has 0 fully saturated rings. The molecule has 0 bridgehead atoms. The van der Waals surface area contributed by atoms with Crippen LogP contribution < -0.4 is 26.1 Å².